The Hall–Kier alpha value is -1.75. The van der Waals surface area contributed by atoms with Gasteiger partial charge in [-0.3, -0.25) is 4.99 Å². The van der Waals surface area contributed by atoms with Gasteiger partial charge in [-0.25, -0.2) is 0 Å². The second-order valence-electron chi connectivity index (χ2n) is 7.30. The summed E-state index contributed by atoms with van der Waals surface area (Å²) in [5, 5.41) is 6.95. The molecule has 1 aromatic rings. The average Bonchev–Trinajstić information content (AvgIpc) is 3.12. The lowest BCUT2D eigenvalue weighted by Gasteiger charge is -2.18. The Morgan fingerprint density at radius 2 is 2.08 bits per heavy atom. The first kappa shape index (κ1) is 20.6. The van der Waals surface area contributed by atoms with E-state index in [-0.39, 0.29) is 0 Å². The number of ether oxygens (including phenoxy) is 1. The number of rotatable bonds is 9. The molecule has 0 amide bonds. The molecular formula is C21H36N4O. The minimum absolute atomic E-state index is 0.504. The van der Waals surface area contributed by atoms with Crippen LogP contribution in [-0.2, 0) is 0 Å². The molecule has 5 heteroatoms. The van der Waals surface area contributed by atoms with Crippen molar-refractivity contribution in [1.82, 2.24) is 15.5 Å². The molecule has 26 heavy (non-hydrogen) atoms. The Kier molecular flexibility index (Phi) is 8.75. The van der Waals surface area contributed by atoms with Gasteiger partial charge in [-0.15, -0.1) is 0 Å². The molecular weight excluding hydrogens is 324 g/mol. The first-order chi connectivity index (χ1) is 12.7. The van der Waals surface area contributed by atoms with E-state index in [4.69, 9.17) is 4.74 Å². The molecule has 0 bridgehead atoms. The summed E-state index contributed by atoms with van der Waals surface area (Å²) in [4.78, 5) is 6.93. The van der Waals surface area contributed by atoms with Gasteiger partial charge in [-0.1, -0.05) is 26.0 Å². The van der Waals surface area contributed by atoms with Crippen molar-refractivity contribution in [3.8, 4) is 5.75 Å². The minimum Gasteiger partial charge on any atom is -0.497 e. The maximum absolute atomic E-state index is 5.23. The smallest absolute Gasteiger partial charge is 0.190 e. The van der Waals surface area contributed by atoms with Gasteiger partial charge in [0.05, 0.1) is 7.11 Å². The molecule has 0 radical (unpaired) electrons. The maximum atomic E-state index is 5.23. The van der Waals surface area contributed by atoms with Gasteiger partial charge in [0.15, 0.2) is 5.96 Å². The first-order valence-electron chi connectivity index (χ1n) is 9.97. The Morgan fingerprint density at radius 1 is 1.31 bits per heavy atom. The lowest BCUT2D eigenvalue weighted by atomic mass is 9.98. The number of methoxy groups -OCH3 is 1. The Labute approximate surface area is 159 Å². The van der Waals surface area contributed by atoms with Crippen LogP contribution < -0.4 is 15.4 Å². The van der Waals surface area contributed by atoms with E-state index in [2.05, 4.69) is 46.5 Å². The number of nitrogens with one attached hydrogen (secondary N) is 2. The number of benzene rings is 1. The van der Waals surface area contributed by atoms with Crippen molar-refractivity contribution in [3.05, 3.63) is 29.8 Å². The predicted molar refractivity (Wildman–Crippen MR) is 110 cm³/mol. The average molecular weight is 361 g/mol. The van der Waals surface area contributed by atoms with Crippen molar-refractivity contribution in [1.29, 1.82) is 0 Å². The number of hydrogen-bond donors (Lipinski definition) is 2. The van der Waals surface area contributed by atoms with Crippen molar-refractivity contribution in [2.24, 2.45) is 10.9 Å². The molecule has 2 rings (SSSR count). The van der Waals surface area contributed by atoms with Crippen LogP contribution in [0.4, 0.5) is 0 Å². The highest BCUT2D eigenvalue weighted by molar-refractivity contribution is 5.79. The van der Waals surface area contributed by atoms with Crippen LogP contribution in [0.2, 0.25) is 0 Å². The highest BCUT2D eigenvalue weighted by Gasteiger charge is 2.21. The summed E-state index contributed by atoms with van der Waals surface area (Å²) in [5.74, 6) is 3.07. The SMILES string of the molecule is CCCN1CCC(CNC(=NC)NCCC(C)c2ccc(OC)cc2)C1. The first-order valence-corrected chi connectivity index (χ1v) is 9.97. The number of nitrogens with zero attached hydrogens (tertiary/aromatic N) is 2. The van der Waals surface area contributed by atoms with E-state index in [0.29, 0.717) is 5.92 Å². The number of likely N-dealkylation sites (tertiary alicyclic amines) is 1. The Morgan fingerprint density at radius 3 is 2.73 bits per heavy atom. The molecule has 0 aromatic heterocycles. The monoisotopic (exact) mass is 360 g/mol. The number of hydrogen-bond acceptors (Lipinski definition) is 3. The van der Waals surface area contributed by atoms with Crippen LogP contribution in [0, 0.1) is 5.92 Å². The van der Waals surface area contributed by atoms with E-state index in [1.165, 1.54) is 38.0 Å². The quantitative estimate of drug-likeness (QED) is 0.525. The normalized spacial score (nSPS) is 19.4. The summed E-state index contributed by atoms with van der Waals surface area (Å²) in [7, 11) is 3.55. The standard InChI is InChI=1S/C21H36N4O/c1-5-13-25-14-11-18(16-25)15-24-21(22-3)23-12-10-17(2)19-6-8-20(26-4)9-7-19/h6-9,17-18H,5,10-16H2,1-4H3,(H2,22,23,24). The lowest BCUT2D eigenvalue weighted by Crippen LogP contribution is -2.40. The van der Waals surface area contributed by atoms with Crippen LogP contribution >= 0.6 is 0 Å². The molecule has 0 saturated carbocycles. The molecule has 1 aliphatic heterocycles. The Bertz CT molecular complexity index is 543. The highest BCUT2D eigenvalue weighted by atomic mass is 16.5. The molecule has 0 aliphatic carbocycles. The largest absolute Gasteiger partial charge is 0.497 e. The summed E-state index contributed by atoms with van der Waals surface area (Å²) in [6.07, 6.45) is 3.61. The molecule has 1 heterocycles. The van der Waals surface area contributed by atoms with Crippen LogP contribution in [0.1, 0.15) is 44.6 Å². The fourth-order valence-corrected chi connectivity index (χ4v) is 3.57. The van der Waals surface area contributed by atoms with E-state index in [0.717, 1.165) is 37.1 Å². The molecule has 1 aliphatic rings. The van der Waals surface area contributed by atoms with Crippen LogP contribution in [0.3, 0.4) is 0 Å². The summed E-state index contributed by atoms with van der Waals surface area (Å²) < 4.78 is 5.23. The lowest BCUT2D eigenvalue weighted by molar-refractivity contribution is 0.324. The molecule has 2 N–H and O–H groups in total. The third-order valence-corrected chi connectivity index (χ3v) is 5.25. The fraction of sp³-hybridized carbons (Fsp3) is 0.667. The van der Waals surface area contributed by atoms with Crippen LogP contribution in [0.25, 0.3) is 0 Å². The highest BCUT2D eigenvalue weighted by Crippen LogP contribution is 2.21. The van der Waals surface area contributed by atoms with Crippen molar-refractivity contribution in [2.45, 2.75) is 39.0 Å². The molecule has 1 saturated heterocycles. The number of aliphatic imine (C=N–C) groups is 1. The van der Waals surface area contributed by atoms with Gasteiger partial charge in [0.2, 0.25) is 0 Å². The van der Waals surface area contributed by atoms with Gasteiger partial charge >= 0.3 is 0 Å². The molecule has 1 aromatic carbocycles. The van der Waals surface area contributed by atoms with Gasteiger partial charge in [-0.05, 0) is 61.9 Å². The summed E-state index contributed by atoms with van der Waals surface area (Å²) >= 11 is 0. The van der Waals surface area contributed by atoms with E-state index in [1.54, 1.807) is 7.11 Å². The van der Waals surface area contributed by atoms with Gasteiger partial charge in [0.1, 0.15) is 5.75 Å². The molecule has 0 spiro atoms. The summed E-state index contributed by atoms with van der Waals surface area (Å²) in [5.41, 5.74) is 1.34. The van der Waals surface area contributed by atoms with Gasteiger partial charge in [-0.2, -0.15) is 0 Å². The van der Waals surface area contributed by atoms with E-state index in [9.17, 15) is 0 Å². The third kappa shape index (κ3) is 6.52. The van der Waals surface area contributed by atoms with Gasteiger partial charge in [0, 0.05) is 26.7 Å². The van der Waals surface area contributed by atoms with Crippen molar-refractivity contribution >= 4 is 5.96 Å². The van der Waals surface area contributed by atoms with Gasteiger partial charge < -0.3 is 20.3 Å². The zero-order valence-corrected chi connectivity index (χ0v) is 16.9. The summed E-state index contributed by atoms with van der Waals surface area (Å²) in [6.45, 7) is 10.1. The third-order valence-electron chi connectivity index (χ3n) is 5.25. The molecule has 5 nitrogen and oxygen atoms in total. The van der Waals surface area contributed by atoms with Gasteiger partial charge in [0.25, 0.3) is 0 Å². The Balaban J connectivity index is 1.66. The van der Waals surface area contributed by atoms with Crippen LogP contribution in [0.15, 0.2) is 29.3 Å². The molecule has 1 fully saturated rings. The van der Waals surface area contributed by atoms with Crippen molar-refractivity contribution in [3.63, 3.8) is 0 Å². The fourth-order valence-electron chi connectivity index (χ4n) is 3.57. The van der Waals surface area contributed by atoms with Crippen LogP contribution in [0.5, 0.6) is 5.75 Å². The van der Waals surface area contributed by atoms with Crippen molar-refractivity contribution in [2.75, 3.05) is 46.9 Å². The topological polar surface area (TPSA) is 48.9 Å². The van der Waals surface area contributed by atoms with E-state index in [1.807, 2.05) is 19.2 Å². The maximum Gasteiger partial charge on any atom is 0.190 e. The van der Waals surface area contributed by atoms with E-state index >= 15 is 0 Å². The second kappa shape index (κ2) is 11.1. The number of guanidine groups is 1. The summed E-state index contributed by atoms with van der Waals surface area (Å²) in [6, 6.07) is 8.36. The molecule has 146 valence electrons. The molecule has 2 unspecified atom stereocenters. The second-order valence-corrected chi connectivity index (χ2v) is 7.30. The zero-order chi connectivity index (χ0) is 18.8. The van der Waals surface area contributed by atoms with Crippen LogP contribution in [-0.4, -0.2) is 57.7 Å². The molecule has 2 atom stereocenters. The van der Waals surface area contributed by atoms with E-state index < -0.39 is 0 Å². The predicted octanol–water partition coefficient (Wildman–Crippen LogP) is 3.09. The van der Waals surface area contributed by atoms with Crippen molar-refractivity contribution < 1.29 is 4.74 Å². The zero-order valence-electron chi connectivity index (χ0n) is 16.9. The minimum atomic E-state index is 0.504.